The van der Waals surface area contributed by atoms with Gasteiger partial charge in [0.15, 0.2) is 33.6 Å². The van der Waals surface area contributed by atoms with Crippen LogP contribution in [0.2, 0.25) is 0 Å². The number of piperidine rings is 1. The molecule has 0 radical (unpaired) electrons. The van der Waals surface area contributed by atoms with Crippen LogP contribution in [0.3, 0.4) is 0 Å². The number of likely N-dealkylation sites (tertiary alicyclic amines) is 1. The highest BCUT2D eigenvalue weighted by atomic mass is 32.2. The number of ether oxygens (including phenoxy) is 3. The Kier molecular flexibility index (Phi) is 16.5. The van der Waals surface area contributed by atoms with Crippen LogP contribution in [0.5, 0.6) is 11.5 Å². The van der Waals surface area contributed by atoms with Crippen molar-refractivity contribution < 1.29 is 47.2 Å². The average Bonchev–Trinajstić information content (AvgIpc) is 3.88. The Morgan fingerprint density at radius 2 is 1.77 bits per heavy atom. The molecule has 2 aliphatic heterocycles. The number of nitrogens with two attached hydrogens (primary N) is 1. The van der Waals surface area contributed by atoms with Gasteiger partial charge in [-0.15, -0.1) is 13.9 Å². The highest BCUT2D eigenvalue weighted by Gasteiger charge is 2.53. The van der Waals surface area contributed by atoms with Gasteiger partial charge in [-0.2, -0.15) is 0 Å². The number of thioether (sulfide) groups is 1. The fourth-order valence-electron chi connectivity index (χ4n) is 9.83. The molecule has 3 aromatic heterocycles. The van der Waals surface area contributed by atoms with Gasteiger partial charge in [-0.1, -0.05) is 68.1 Å². The molecule has 18 nitrogen and oxygen atoms in total. The number of alkyl halides is 2. The van der Waals surface area contributed by atoms with Crippen LogP contribution in [-0.2, 0) is 44.7 Å². The number of aryl methyl sites for hydroxylation is 1. The molecular weight excluding hydrogens is 992 g/mol. The van der Waals surface area contributed by atoms with Crippen molar-refractivity contribution in [2.24, 2.45) is 11.7 Å². The van der Waals surface area contributed by atoms with Crippen molar-refractivity contribution in [3.8, 4) is 11.5 Å². The van der Waals surface area contributed by atoms with E-state index in [1.165, 1.54) is 35.9 Å². The Bertz CT molecular complexity index is 2980. The summed E-state index contributed by atoms with van der Waals surface area (Å²) in [6.07, 6.45) is 0.108. The van der Waals surface area contributed by atoms with Crippen molar-refractivity contribution in [1.82, 2.24) is 39.7 Å². The van der Waals surface area contributed by atoms with Crippen LogP contribution in [-0.4, -0.2) is 134 Å². The van der Waals surface area contributed by atoms with E-state index >= 15 is 4.39 Å². The minimum absolute atomic E-state index is 0.0102. The number of carbonyl (C=O) groups is 2. The topological polar surface area (TPSA) is 229 Å². The zero-order valence-electron chi connectivity index (χ0n) is 42.5. The molecule has 22 heteroatoms. The summed E-state index contributed by atoms with van der Waals surface area (Å²) < 4.78 is 62.2. The number of rotatable bonds is 25. The second-order valence-corrected chi connectivity index (χ2v) is 21.4. The van der Waals surface area contributed by atoms with Crippen LogP contribution in [0.1, 0.15) is 81.7 Å². The first-order chi connectivity index (χ1) is 36.1. The second-order valence-electron chi connectivity index (χ2n) is 20.3. The first kappa shape index (κ1) is 53.8. The third-order valence-corrected chi connectivity index (χ3v) is 15.2. The number of fused-ring (bicyclic) bond motifs is 3. The predicted molar refractivity (Wildman–Crippen MR) is 279 cm³/mol. The molecule has 1 unspecified atom stereocenters. The summed E-state index contributed by atoms with van der Waals surface area (Å²) in [4.78, 5) is 38.6. The van der Waals surface area contributed by atoms with Gasteiger partial charge in [-0.25, -0.2) is 19.0 Å². The lowest BCUT2D eigenvalue weighted by atomic mass is 9.90. The largest absolute Gasteiger partial charge is 0.586 e. The standard InChI is InChI=1S/C53H66F3N11O7S/c1-4-24-75-50-61-46(58-19-17-57)45-47(62-50)67(64-63-45)29-34-9-7-33(8-10-34)6-5-18-59-48(70)35-13-20-65(21-14-35)22-23-72-32-51(2,3)44-26-36-25-40(39(54)28-41(36)66(44)30-38(69)31-68)60-49(71)52(15-16-52)37-11-12-42-43(27-37)74-53(55,56)73-42/h7-12,25-28,35,38,68-69H,4-6,13-24,29-32,57H2,1-3H3,(H,59,70)(H,60,71)(H,58,61,62). The molecule has 402 valence electrons. The van der Waals surface area contributed by atoms with Crippen molar-refractivity contribution in [3.05, 3.63) is 88.9 Å². The highest BCUT2D eigenvalue weighted by Crippen LogP contribution is 2.52. The van der Waals surface area contributed by atoms with Gasteiger partial charge in [0.2, 0.25) is 11.8 Å². The second kappa shape index (κ2) is 23.1. The summed E-state index contributed by atoms with van der Waals surface area (Å²) in [5, 5.41) is 39.5. The minimum atomic E-state index is -3.80. The molecule has 3 aliphatic rings. The molecule has 1 saturated carbocycles. The number of halogens is 3. The number of nitrogens with zero attached hydrogens (tertiary/aromatic N) is 7. The van der Waals surface area contributed by atoms with Gasteiger partial charge < -0.3 is 55.6 Å². The molecule has 3 aromatic carbocycles. The first-order valence-electron chi connectivity index (χ1n) is 25.8. The summed E-state index contributed by atoms with van der Waals surface area (Å²) in [5.41, 5.74) is 9.19. The Labute approximate surface area is 437 Å². The Balaban J connectivity index is 0.718. The lowest BCUT2D eigenvalue weighted by molar-refractivity contribution is -0.286. The number of hydrogen-bond acceptors (Lipinski definition) is 15. The van der Waals surface area contributed by atoms with Gasteiger partial charge in [0.1, 0.15) is 5.82 Å². The van der Waals surface area contributed by atoms with Crippen LogP contribution >= 0.6 is 11.8 Å². The Hall–Kier alpha value is -6.04. The number of aromatic nitrogens is 6. The summed E-state index contributed by atoms with van der Waals surface area (Å²) in [5.74, 6) is 0.0943. The number of aliphatic hydroxyl groups is 2. The van der Waals surface area contributed by atoms with Gasteiger partial charge in [0, 0.05) is 60.4 Å². The quantitative estimate of drug-likeness (QED) is 0.0209. The molecule has 6 aromatic rings. The fourth-order valence-corrected chi connectivity index (χ4v) is 10.5. The summed E-state index contributed by atoms with van der Waals surface area (Å²) in [6.45, 7) is 10.7. The monoisotopic (exact) mass is 1060 g/mol. The van der Waals surface area contributed by atoms with Crippen molar-refractivity contribution in [3.63, 3.8) is 0 Å². The van der Waals surface area contributed by atoms with Crippen molar-refractivity contribution >= 4 is 57.1 Å². The number of hydrogen-bond donors (Lipinski definition) is 6. The van der Waals surface area contributed by atoms with Crippen LogP contribution in [0.25, 0.3) is 22.1 Å². The number of aliphatic hydroxyl groups excluding tert-OH is 2. The average molecular weight is 1060 g/mol. The Morgan fingerprint density at radius 1 is 1.01 bits per heavy atom. The normalized spacial score (nSPS) is 16.7. The fraction of sp³-hybridized carbons (Fsp3) is 0.509. The zero-order chi connectivity index (χ0) is 52.9. The molecule has 75 heavy (non-hydrogen) atoms. The molecule has 0 spiro atoms. The van der Waals surface area contributed by atoms with Crippen LogP contribution < -0.4 is 31.2 Å². The number of anilines is 2. The van der Waals surface area contributed by atoms with E-state index < -0.39 is 41.6 Å². The van der Waals surface area contributed by atoms with E-state index in [0.29, 0.717) is 97.4 Å². The lowest BCUT2D eigenvalue weighted by Gasteiger charge is -2.32. The van der Waals surface area contributed by atoms with E-state index in [1.807, 2.05) is 19.9 Å². The first-order valence-corrected chi connectivity index (χ1v) is 26.7. The van der Waals surface area contributed by atoms with Gasteiger partial charge in [0.05, 0.1) is 55.6 Å². The number of benzene rings is 3. The molecule has 7 N–H and O–H groups in total. The smallest absolute Gasteiger partial charge is 0.395 e. The SMILES string of the molecule is CCCSc1nc(NCCN)c2nnn(Cc3ccc(CCCNC(=O)C4CCN(CCOCC(C)(C)c5cc6cc(NC(=O)C7(c8ccc9c(c8)OC(F)(F)O9)CC7)c(F)cc6n5CC(O)CO)CC4)cc3)c2n1. The minimum Gasteiger partial charge on any atom is -0.395 e. The van der Waals surface area contributed by atoms with E-state index in [0.717, 1.165) is 62.2 Å². The lowest BCUT2D eigenvalue weighted by Crippen LogP contribution is -2.42. The summed E-state index contributed by atoms with van der Waals surface area (Å²) >= 11 is 1.60. The molecule has 0 bridgehead atoms. The third kappa shape index (κ3) is 12.5. The maximum Gasteiger partial charge on any atom is 0.586 e. The number of amides is 2. The molecule has 2 fully saturated rings. The maximum atomic E-state index is 15.9. The molecule has 1 aliphatic carbocycles. The summed E-state index contributed by atoms with van der Waals surface area (Å²) in [6, 6.07) is 17.3. The maximum absolute atomic E-state index is 15.9. The van der Waals surface area contributed by atoms with E-state index in [-0.39, 0.29) is 35.6 Å². The van der Waals surface area contributed by atoms with Crippen LogP contribution in [0.15, 0.2) is 65.8 Å². The van der Waals surface area contributed by atoms with Gasteiger partial charge in [-0.3, -0.25) is 9.59 Å². The van der Waals surface area contributed by atoms with Crippen molar-refractivity contribution in [2.75, 3.05) is 75.5 Å². The van der Waals surface area contributed by atoms with E-state index in [4.69, 9.17) is 15.5 Å². The van der Waals surface area contributed by atoms with Gasteiger partial charge in [-0.05, 0) is 99.0 Å². The number of carbonyl (C=O) groups excluding carboxylic acids is 2. The van der Waals surface area contributed by atoms with Crippen molar-refractivity contribution in [1.29, 1.82) is 0 Å². The van der Waals surface area contributed by atoms with Gasteiger partial charge >= 0.3 is 6.29 Å². The van der Waals surface area contributed by atoms with Gasteiger partial charge in [0.25, 0.3) is 0 Å². The molecule has 9 rings (SSSR count). The zero-order valence-corrected chi connectivity index (χ0v) is 43.4. The van der Waals surface area contributed by atoms with Crippen molar-refractivity contribution in [2.45, 2.75) is 107 Å². The summed E-state index contributed by atoms with van der Waals surface area (Å²) in [7, 11) is 0. The molecule has 1 atom stereocenters. The molecular formula is C53H66F3N11O7S. The van der Waals surface area contributed by atoms with E-state index in [9.17, 15) is 28.6 Å². The third-order valence-electron chi connectivity index (χ3n) is 14.2. The number of nitrogens with one attached hydrogen (secondary N) is 3. The van der Waals surface area contributed by atoms with Crippen LogP contribution in [0.4, 0.5) is 24.7 Å². The molecule has 1 saturated heterocycles. The van der Waals surface area contributed by atoms with Crippen LogP contribution in [0, 0.1) is 11.7 Å². The van der Waals surface area contributed by atoms with E-state index in [1.54, 1.807) is 21.0 Å². The molecule has 2 amide bonds. The molecule has 5 heterocycles. The van der Waals surface area contributed by atoms with E-state index in [2.05, 4.69) is 76.8 Å². The Morgan fingerprint density at radius 3 is 2.51 bits per heavy atom. The highest BCUT2D eigenvalue weighted by molar-refractivity contribution is 7.99. The predicted octanol–water partition coefficient (Wildman–Crippen LogP) is 6.34.